The lowest BCUT2D eigenvalue weighted by Gasteiger charge is -2.25. The first-order valence-electron chi connectivity index (χ1n) is 7.36. The largest absolute Gasteiger partial charge is 0.352 e. The van der Waals surface area contributed by atoms with E-state index < -0.39 is 5.54 Å². The summed E-state index contributed by atoms with van der Waals surface area (Å²) in [6, 6.07) is 8.11. The molecule has 0 fully saturated rings. The van der Waals surface area contributed by atoms with Gasteiger partial charge in [0.1, 0.15) is 0 Å². The maximum absolute atomic E-state index is 12.2. The van der Waals surface area contributed by atoms with Gasteiger partial charge in [-0.2, -0.15) is 0 Å². The highest BCUT2D eigenvalue weighted by molar-refractivity contribution is 7.18. The Hall–Kier alpha value is -1.17. The number of carbonyl (C=O) groups is 1. The number of benzene rings is 1. The molecular weight excluding hydrogens is 318 g/mol. The van der Waals surface area contributed by atoms with Gasteiger partial charge in [0.25, 0.3) is 0 Å². The Balaban J connectivity index is 0.00000242. The quantitative estimate of drug-likeness (QED) is 0.847. The summed E-state index contributed by atoms with van der Waals surface area (Å²) < 4.78 is 1.18. The van der Waals surface area contributed by atoms with Crippen LogP contribution in [0.15, 0.2) is 24.3 Å². The molecule has 0 aliphatic heterocycles. The average molecular weight is 342 g/mol. The Morgan fingerprint density at radius 3 is 2.77 bits per heavy atom. The van der Waals surface area contributed by atoms with Crippen molar-refractivity contribution >= 4 is 39.9 Å². The number of nitrogens with zero attached hydrogens (tertiary/aromatic N) is 1. The van der Waals surface area contributed by atoms with Gasteiger partial charge in [-0.15, -0.1) is 23.7 Å². The summed E-state index contributed by atoms with van der Waals surface area (Å²) in [7, 11) is 0. The van der Waals surface area contributed by atoms with Gasteiger partial charge in [0.15, 0.2) is 0 Å². The standard InChI is InChI=1S/C16H23N3OS.ClH/c1-4-9-16(3,17)15(20)18-11(2)10-14-19-12-7-5-6-8-13(12)21-14;/h5-8,11H,4,9-10,17H2,1-3H3,(H,18,20);1H. The van der Waals surface area contributed by atoms with Crippen molar-refractivity contribution in [2.45, 2.75) is 51.6 Å². The number of halogens is 1. The summed E-state index contributed by atoms with van der Waals surface area (Å²) >= 11 is 1.68. The van der Waals surface area contributed by atoms with E-state index in [2.05, 4.69) is 16.4 Å². The van der Waals surface area contributed by atoms with Crippen molar-refractivity contribution < 1.29 is 4.79 Å². The Morgan fingerprint density at radius 2 is 2.14 bits per heavy atom. The number of nitrogens with two attached hydrogens (primary N) is 1. The van der Waals surface area contributed by atoms with Crippen LogP contribution in [0.3, 0.4) is 0 Å². The fraction of sp³-hybridized carbons (Fsp3) is 0.500. The minimum Gasteiger partial charge on any atom is -0.352 e. The number of thiazole rings is 1. The van der Waals surface area contributed by atoms with Gasteiger partial charge in [-0.3, -0.25) is 4.79 Å². The van der Waals surface area contributed by atoms with Crippen LogP contribution in [0.5, 0.6) is 0 Å². The zero-order valence-electron chi connectivity index (χ0n) is 13.3. The normalized spacial score (nSPS) is 14.9. The van der Waals surface area contributed by atoms with Gasteiger partial charge in [0.2, 0.25) is 5.91 Å². The highest BCUT2D eigenvalue weighted by Crippen LogP contribution is 2.22. The second-order valence-electron chi connectivity index (χ2n) is 5.82. The molecule has 1 aromatic heterocycles. The molecule has 1 aromatic carbocycles. The smallest absolute Gasteiger partial charge is 0.240 e. The van der Waals surface area contributed by atoms with E-state index in [-0.39, 0.29) is 24.4 Å². The van der Waals surface area contributed by atoms with E-state index in [0.29, 0.717) is 6.42 Å². The summed E-state index contributed by atoms with van der Waals surface area (Å²) in [5.41, 5.74) is 6.27. The SMILES string of the molecule is CCCC(C)(N)C(=O)NC(C)Cc1nc2ccccc2s1.Cl. The predicted molar refractivity (Wildman–Crippen MR) is 95.7 cm³/mol. The number of amides is 1. The Morgan fingerprint density at radius 1 is 1.45 bits per heavy atom. The molecule has 122 valence electrons. The fourth-order valence-corrected chi connectivity index (χ4v) is 3.44. The van der Waals surface area contributed by atoms with Crippen LogP contribution >= 0.6 is 23.7 Å². The zero-order valence-corrected chi connectivity index (χ0v) is 14.9. The third-order valence-electron chi connectivity index (χ3n) is 3.48. The summed E-state index contributed by atoms with van der Waals surface area (Å²) in [6.45, 7) is 5.81. The lowest BCUT2D eigenvalue weighted by atomic mass is 9.96. The van der Waals surface area contributed by atoms with Gasteiger partial charge in [-0.1, -0.05) is 25.5 Å². The first-order valence-corrected chi connectivity index (χ1v) is 8.18. The molecule has 2 rings (SSSR count). The average Bonchev–Trinajstić information content (AvgIpc) is 2.80. The summed E-state index contributed by atoms with van der Waals surface area (Å²) in [5, 5.41) is 4.04. The maximum Gasteiger partial charge on any atom is 0.240 e. The molecule has 0 bridgehead atoms. The van der Waals surface area contributed by atoms with Crippen molar-refractivity contribution in [1.82, 2.24) is 10.3 Å². The molecule has 6 heteroatoms. The van der Waals surface area contributed by atoms with E-state index in [1.807, 2.05) is 32.0 Å². The number of hydrogen-bond acceptors (Lipinski definition) is 4. The van der Waals surface area contributed by atoms with Gasteiger partial charge in [-0.05, 0) is 32.4 Å². The van der Waals surface area contributed by atoms with Gasteiger partial charge in [0, 0.05) is 12.5 Å². The number of para-hydroxylation sites is 1. The van der Waals surface area contributed by atoms with Gasteiger partial charge in [0.05, 0.1) is 20.8 Å². The highest BCUT2D eigenvalue weighted by Gasteiger charge is 2.28. The van der Waals surface area contributed by atoms with Crippen LogP contribution in [0.25, 0.3) is 10.2 Å². The number of nitrogens with one attached hydrogen (secondary N) is 1. The molecule has 0 aliphatic carbocycles. The summed E-state index contributed by atoms with van der Waals surface area (Å²) in [4.78, 5) is 16.8. The molecule has 22 heavy (non-hydrogen) atoms. The number of hydrogen-bond donors (Lipinski definition) is 2. The van der Waals surface area contributed by atoms with E-state index in [4.69, 9.17) is 5.73 Å². The number of rotatable bonds is 6. The van der Waals surface area contributed by atoms with Crippen molar-refractivity contribution in [2.24, 2.45) is 5.73 Å². The molecule has 0 radical (unpaired) electrons. The van der Waals surface area contributed by atoms with Crippen LogP contribution in [0, 0.1) is 0 Å². The van der Waals surface area contributed by atoms with E-state index in [1.165, 1.54) is 4.70 Å². The van der Waals surface area contributed by atoms with Crippen molar-refractivity contribution in [3.05, 3.63) is 29.3 Å². The lowest BCUT2D eigenvalue weighted by molar-refractivity contribution is -0.126. The molecule has 0 spiro atoms. The van der Waals surface area contributed by atoms with Crippen LogP contribution in [0.4, 0.5) is 0 Å². The van der Waals surface area contributed by atoms with Crippen LogP contribution in [0.2, 0.25) is 0 Å². The second kappa shape index (κ2) is 7.90. The van der Waals surface area contributed by atoms with Crippen molar-refractivity contribution in [3.8, 4) is 0 Å². The number of aromatic nitrogens is 1. The van der Waals surface area contributed by atoms with Crippen LogP contribution in [-0.2, 0) is 11.2 Å². The van der Waals surface area contributed by atoms with Gasteiger partial charge >= 0.3 is 0 Å². The highest BCUT2D eigenvalue weighted by atomic mass is 35.5. The zero-order chi connectivity index (χ0) is 15.5. The minimum absolute atomic E-state index is 0. The first kappa shape index (κ1) is 18.9. The molecule has 3 N–H and O–H groups in total. The molecular formula is C16H24ClN3OS. The molecule has 1 heterocycles. The molecule has 0 saturated carbocycles. The van der Waals surface area contributed by atoms with Crippen molar-refractivity contribution in [3.63, 3.8) is 0 Å². The Labute approximate surface area is 141 Å². The van der Waals surface area contributed by atoms with Gasteiger partial charge < -0.3 is 11.1 Å². The minimum atomic E-state index is -0.795. The predicted octanol–water partition coefficient (Wildman–Crippen LogP) is 3.28. The topological polar surface area (TPSA) is 68.0 Å². The van der Waals surface area contributed by atoms with Crippen LogP contribution < -0.4 is 11.1 Å². The third-order valence-corrected chi connectivity index (χ3v) is 4.54. The molecule has 1 amide bonds. The molecule has 2 aromatic rings. The monoisotopic (exact) mass is 341 g/mol. The fourth-order valence-electron chi connectivity index (χ4n) is 2.34. The molecule has 2 atom stereocenters. The molecule has 0 saturated heterocycles. The van der Waals surface area contributed by atoms with E-state index in [9.17, 15) is 4.79 Å². The molecule has 0 aliphatic rings. The Bertz CT molecular complexity index is 594. The van der Waals surface area contributed by atoms with Crippen molar-refractivity contribution in [2.75, 3.05) is 0 Å². The van der Waals surface area contributed by atoms with E-state index in [0.717, 1.165) is 23.4 Å². The first-order chi connectivity index (χ1) is 9.92. The number of fused-ring (bicyclic) bond motifs is 1. The number of carbonyl (C=O) groups excluding carboxylic acids is 1. The van der Waals surface area contributed by atoms with E-state index >= 15 is 0 Å². The van der Waals surface area contributed by atoms with Crippen LogP contribution in [0.1, 0.15) is 38.6 Å². The van der Waals surface area contributed by atoms with Crippen molar-refractivity contribution in [1.29, 1.82) is 0 Å². The molecule has 4 nitrogen and oxygen atoms in total. The summed E-state index contributed by atoms with van der Waals surface area (Å²) in [6.07, 6.45) is 2.31. The second-order valence-corrected chi connectivity index (χ2v) is 6.94. The van der Waals surface area contributed by atoms with E-state index in [1.54, 1.807) is 18.3 Å². The third kappa shape index (κ3) is 4.66. The molecule has 2 unspecified atom stereocenters. The van der Waals surface area contributed by atoms with Gasteiger partial charge in [-0.25, -0.2) is 4.98 Å². The maximum atomic E-state index is 12.2. The summed E-state index contributed by atoms with van der Waals surface area (Å²) in [5.74, 6) is -0.0852. The Kier molecular flexibility index (Phi) is 6.78. The van der Waals surface area contributed by atoms with Crippen LogP contribution in [-0.4, -0.2) is 22.5 Å². The lowest BCUT2D eigenvalue weighted by Crippen LogP contribution is -2.53.